The maximum absolute atomic E-state index is 14.1. The Balaban J connectivity index is 0.00000541. The highest BCUT2D eigenvalue weighted by Crippen LogP contribution is 2.36. The Hall–Kier alpha value is -4.01. The molecule has 2 N–H and O–H groups in total. The van der Waals surface area contributed by atoms with Gasteiger partial charge in [-0.25, -0.2) is 9.55 Å². The van der Waals surface area contributed by atoms with Crippen molar-refractivity contribution in [2.75, 3.05) is 25.5 Å². The third-order valence-corrected chi connectivity index (χ3v) is 9.49. The van der Waals surface area contributed by atoms with Crippen molar-refractivity contribution >= 4 is 52.0 Å². The van der Waals surface area contributed by atoms with Gasteiger partial charge in [-0.05, 0) is 88.7 Å². The summed E-state index contributed by atoms with van der Waals surface area (Å²) >= 11 is 2.91. The Labute approximate surface area is 296 Å². The number of amides is 3. The molecule has 0 bridgehead atoms. The van der Waals surface area contributed by atoms with Gasteiger partial charge >= 0.3 is 6.18 Å². The molecule has 3 heterocycles. The standard InChI is InChI=1S/C34H36BrF3N6O4.ClH/c1-5-19(2)40-33-41-28-18-43(31(47)23-8-11-27(35)26(17-23)34(36,37)38)20(3)16-25(28)32(48)44(33)24-9-6-21(7-10-24)29(45)42(4)30(46)22-12-14-39-15-13-22;/h5-11,17,19-20,22,39H,1,12-16,18H2,2-4H3,(H,40,41);1H/t19-,20+;/m0./s1. The molecule has 0 aliphatic carbocycles. The van der Waals surface area contributed by atoms with Gasteiger partial charge in [-0.1, -0.05) is 22.0 Å². The predicted molar refractivity (Wildman–Crippen MR) is 185 cm³/mol. The van der Waals surface area contributed by atoms with Crippen LogP contribution in [0.5, 0.6) is 0 Å². The van der Waals surface area contributed by atoms with E-state index in [0.29, 0.717) is 29.8 Å². The molecule has 10 nitrogen and oxygen atoms in total. The van der Waals surface area contributed by atoms with Gasteiger partial charge in [0.1, 0.15) is 0 Å². The smallest absolute Gasteiger partial charge is 0.349 e. The molecule has 0 spiro atoms. The summed E-state index contributed by atoms with van der Waals surface area (Å²) in [5.74, 6) is -1.36. The second-order valence-corrected chi connectivity index (χ2v) is 13.0. The molecule has 0 unspecified atom stereocenters. The average molecular weight is 766 g/mol. The summed E-state index contributed by atoms with van der Waals surface area (Å²) in [5, 5.41) is 6.36. The highest BCUT2D eigenvalue weighted by molar-refractivity contribution is 9.10. The number of benzene rings is 2. The van der Waals surface area contributed by atoms with Crippen LogP contribution >= 0.6 is 28.3 Å². The van der Waals surface area contributed by atoms with Crippen LogP contribution in [-0.4, -0.2) is 69.3 Å². The fourth-order valence-corrected chi connectivity index (χ4v) is 6.43. The van der Waals surface area contributed by atoms with E-state index in [2.05, 4.69) is 33.1 Å². The topological polar surface area (TPSA) is 117 Å². The summed E-state index contributed by atoms with van der Waals surface area (Å²) in [5.41, 5.74) is -0.109. The number of nitrogens with one attached hydrogen (secondary N) is 2. The maximum atomic E-state index is 14.1. The Bertz CT molecular complexity index is 1810. The number of rotatable bonds is 7. The van der Waals surface area contributed by atoms with Crippen molar-refractivity contribution in [2.45, 2.75) is 57.9 Å². The van der Waals surface area contributed by atoms with Crippen LogP contribution in [0.25, 0.3) is 5.69 Å². The van der Waals surface area contributed by atoms with Crippen LogP contribution < -0.4 is 16.2 Å². The van der Waals surface area contributed by atoms with Crippen molar-refractivity contribution in [2.24, 2.45) is 5.92 Å². The van der Waals surface area contributed by atoms with Crippen molar-refractivity contribution in [1.29, 1.82) is 0 Å². The van der Waals surface area contributed by atoms with E-state index < -0.39 is 35.2 Å². The molecule has 15 heteroatoms. The quantitative estimate of drug-likeness (QED) is 0.238. The van der Waals surface area contributed by atoms with Crippen LogP contribution in [0.4, 0.5) is 19.1 Å². The van der Waals surface area contributed by atoms with Gasteiger partial charge in [0, 0.05) is 46.2 Å². The summed E-state index contributed by atoms with van der Waals surface area (Å²) < 4.78 is 41.9. The molecule has 3 amide bonds. The minimum atomic E-state index is -4.66. The first-order chi connectivity index (χ1) is 22.7. The number of imide groups is 1. The third-order valence-electron chi connectivity index (χ3n) is 8.80. The molecule has 1 aromatic heterocycles. The summed E-state index contributed by atoms with van der Waals surface area (Å²) in [6, 6.07) is 8.78. The maximum Gasteiger partial charge on any atom is 0.417 e. The van der Waals surface area contributed by atoms with Crippen LogP contribution in [0.3, 0.4) is 0 Å². The van der Waals surface area contributed by atoms with E-state index in [-0.39, 0.29) is 64.8 Å². The lowest BCUT2D eigenvalue weighted by atomic mass is 9.96. The molecule has 1 saturated heterocycles. The highest BCUT2D eigenvalue weighted by atomic mass is 79.9. The molecular formula is C34H37BrClF3N6O4. The minimum absolute atomic E-state index is 0. The second-order valence-electron chi connectivity index (χ2n) is 12.1. The molecule has 3 aromatic rings. The van der Waals surface area contributed by atoms with E-state index in [0.717, 1.165) is 24.1 Å². The lowest BCUT2D eigenvalue weighted by molar-refractivity contribution is -0.138. The van der Waals surface area contributed by atoms with Crippen LogP contribution in [0.1, 0.15) is 64.2 Å². The lowest BCUT2D eigenvalue weighted by Crippen LogP contribution is -2.46. The Morgan fingerprint density at radius 2 is 1.76 bits per heavy atom. The van der Waals surface area contributed by atoms with Gasteiger partial charge in [0.2, 0.25) is 11.9 Å². The fourth-order valence-electron chi connectivity index (χ4n) is 5.96. The number of carbonyl (C=O) groups excluding carboxylic acids is 3. The first-order valence-electron chi connectivity index (χ1n) is 15.6. The number of aromatic nitrogens is 2. The number of fused-ring (bicyclic) bond motifs is 1. The van der Waals surface area contributed by atoms with Crippen molar-refractivity contribution in [3.8, 4) is 5.69 Å². The van der Waals surface area contributed by atoms with Crippen molar-refractivity contribution in [3.63, 3.8) is 0 Å². The fraction of sp³-hybridized carbons (Fsp3) is 0.382. The summed E-state index contributed by atoms with van der Waals surface area (Å²) in [7, 11) is 1.47. The number of halogens is 5. The zero-order valence-electron chi connectivity index (χ0n) is 27.1. The summed E-state index contributed by atoms with van der Waals surface area (Å²) in [4.78, 5) is 61.0. The predicted octanol–water partition coefficient (Wildman–Crippen LogP) is 5.61. The largest absolute Gasteiger partial charge is 0.417 e. The van der Waals surface area contributed by atoms with Crippen LogP contribution in [0, 0.1) is 5.92 Å². The van der Waals surface area contributed by atoms with Crippen LogP contribution in [0.15, 0.2) is 64.4 Å². The van der Waals surface area contributed by atoms with Gasteiger partial charge in [0.05, 0.1) is 23.5 Å². The average Bonchev–Trinajstić information content (AvgIpc) is 3.07. The molecule has 2 atom stereocenters. The number of piperidine rings is 1. The number of anilines is 1. The zero-order chi connectivity index (χ0) is 34.9. The van der Waals surface area contributed by atoms with Crippen molar-refractivity contribution < 1.29 is 27.6 Å². The lowest BCUT2D eigenvalue weighted by Gasteiger charge is -2.35. The van der Waals surface area contributed by atoms with Gasteiger partial charge < -0.3 is 15.5 Å². The van der Waals surface area contributed by atoms with E-state index in [1.165, 1.54) is 28.6 Å². The van der Waals surface area contributed by atoms with E-state index in [9.17, 15) is 32.3 Å². The number of carbonyl (C=O) groups is 3. The van der Waals surface area contributed by atoms with Crippen LogP contribution in [0.2, 0.25) is 0 Å². The normalized spacial score (nSPS) is 17.0. The molecule has 0 radical (unpaired) electrons. The minimum Gasteiger partial charge on any atom is -0.349 e. The van der Waals surface area contributed by atoms with Crippen molar-refractivity contribution in [3.05, 3.63) is 97.9 Å². The highest BCUT2D eigenvalue weighted by Gasteiger charge is 2.36. The molecule has 262 valence electrons. The van der Waals surface area contributed by atoms with Crippen molar-refractivity contribution in [1.82, 2.24) is 24.7 Å². The Morgan fingerprint density at radius 1 is 1.12 bits per heavy atom. The number of hydrogen-bond acceptors (Lipinski definition) is 7. The summed E-state index contributed by atoms with van der Waals surface area (Å²) in [6.45, 7) is 8.67. The van der Waals surface area contributed by atoms with Gasteiger partial charge in [0.25, 0.3) is 17.4 Å². The molecule has 5 rings (SSSR count). The monoisotopic (exact) mass is 764 g/mol. The molecule has 2 aliphatic heterocycles. The zero-order valence-corrected chi connectivity index (χ0v) is 29.5. The number of alkyl halides is 3. The Kier molecular flexibility index (Phi) is 11.8. The third kappa shape index (κ3) is 7.92. The van der Waals surface area contributed by atoms with E-state index in [1.807, 2.05) is 6.92 Å². The first-order valence-corrected chi connectivity index (χ1v) is 16.3. The van der Waals surface area contributed by atoms with Gasteiger partial charge in [-0.15, -0.1) is 19.0 Å². The van der Waals surface area contributed by atoms with Gasteiger partial charge in [-0.3, -0.25) is 24.1 Å². The van der Waals surface area contributed by atoms with E-state index in [4.69, 9.17) is 4.98 Å². The molecule has 0 saturated carbocycles. The first kappa shape index (κ1) is 37.8. The molecule has 1 fully saturated rings. The summed E-state index contributed by atoms with van der Waals surface area (Å²) in [6.07, 6.45) is -1.59. The number of hydrogen-bond donors (Lipinski definition) is 2. The molecule has 2 aromatic carbocycles. The van der Waals surface area contributed by atoms with E-state index in [1.54, 1.807) is 37.3 Å². The Morgan fingerprint density at radius 3 is 2.37 bits per heavy atom. The molecule has 49 heavy (non-hydrogen) atoms. The SMILES string of the molecule is C=C[C@H](C)Nc1nc2c(c(=O)n1-c1ccc(C(=O)N(C)C(=O)C3CCNCC3)cc1)C[C@@H](C)N(C(=O)c1ccc(Br)c(C(F)(F)F)c1)C2.Cl. The van der Waals surface area contributed by atoms with Crippen LogP contribution in [-0.2, 0) is 23.9 Å². The molecular weight excluding hydrogens is 729 g/mol. The van der Waals surface area contributed by atoms with E-state index >= 15 is 0 Å². The number of nitrogens with zero attached hydrogens (tertiary/aromatic N) is 4. The molecule has 2 aliphatic rings. The second kappa shape index (κ2) is 15.3. The van der Waals surface area contributed by atoms with Gasteiger partial charge in [0.15, 0.2) is 0 Å². The van der Waals surface area contributed by atoms with Gasteiger partial charge in [-0.2, -0.15) is 13.2 Å².